The van der Waals surface area contributed by atoms with Gasteiger partial charge in [0.1, 0.15) is 11.6 Å². The number of ether oxygens (including phenoxy) is 1. The molecule has 1 unspecified atom stereocenters. The van der Waals surface area contributed by atoms with Gasteiger partial charge in [-0.15, -0.1) is 0 Å². The van der Waals surface area contributed by atoms with E-state index in [1.165, 1.54) is 29.3 Å². The third-order valence-corrected chi connectivity index (χ3v) is 5.86. The van der Waals surface area contributed by atoms with Gasteiger partial charge in [-0.25, -0.2) is 9.18 Å². The first-order valence-corrected chi connectivity index (χ1v) is 11.4. The molecule has 36 heavy (non-hydrogen) atoms. The van der Waals surface area contributed by atoms with Crippen LogP contribution in [0.1, 0.15) is 52.5 Å². The van der Waals surface area contributed by atoms with Crippen molar-refractivity contribution in [3.8, 4) is 0 Å². The van der Waals surface area contributed by atoms with Crippen LogP contribution in [0.3, 0.4) is 0 Å². The number of aryl methyl sites for hydroxylation is 1. The number of nitrogens with zero attached hydrogens (tertiary/aromatic N) is 2. The molecule has 1 N–H and O–H groups in total. The number of rotatable bonds is 6. The molecule has 1 saturated heterocycles. The number of hydrogen-bond donors (Lipinski definition) is 1. The summed E-state index contributed by atoms with van der Waals surface area (Å²) in [6, 6.07) is 13.0. The van der Waals surface area contributed by atoms with E-state index in [-0.39, 0.29) is 29.5 Å². The van der Waals surface area contributed by atoms with Crippen LogP contribution in [-0.2, 0) is 20.9 Å². The van der Waals surface area contributed by atoms with Crippen molar-refractivity contribution in [2.24, 2.45) is 0 Å². The molecule has 2 aromatic carbocycles. The first-order chi connectivity index (χ1) is 17.2. The zero-order valence-electron chi connectivity index (χ0n) is 20.1. The van der Waals surface area contributed by atoms with Gasteiger partial charge in [-0.3, -0.25) is 14.6 Å². The van der Waals surface area contributed by atoms with E-state index in [2.05, 4.69) is 4.98 Å². The van der Waals surface area contributed by atoms with Gasteiger partial charge in [-0.05, 0) is 73.9 Å². The van der Waals surface area contributed by atoms with E-state index in [1.807, 2.05) is 0 Å². The van der Waals surface area contributed by atoms with Crippen molar-refractivity contribution >= 4 is 23.4 Å². The van der Waals surface area contributed by atoms with Crippen LogP contribution in [0.25, 0.3) is 5.76 Å². The van der Waals surface area contributed by atoms with Crippen molar-refractivity contribution in [2.75, 3.05) is 0 Å². The molecule has 1 aliphatic rings. The third kappa shape index (κ3) is 4.88. The minimum absolute atomic E-state index is 0.0445. The normalized spacial score (nSPS) is 17.0. The fraction of sp³-hybridized carbons (Fsp3) is 0.214. The number of aliphatic hydroxyl groups excluding tert-OH is 1. The van der Waals surface area contributed by atoms with Gasteiger partial charge in [0, 0.05) is 24.5 Å². The number of pyridine rings is 1. The number of esters is 1. The summed E-state index contributed by atoms with van der Waals surface area (Å²) in [5.41, 5.74) is 2.00. The predicted octanol–water partition coefficient (Wildman–Crippen LogP) is 4.72. The number of hydrogen-bond acceptors (Lipinski definition) is 6. The number of amides is 1. The van der Waals surface area contributed by atoms with E-state index in [1.54, 1.807) is 63.4 Å². The molecular weight excluding hydrogens is 463 g/mol. The van der Waals surface area contributed by atoms with Gasteiger partial charge >= 0.3 is 5.97 Å². The van der Waals surface area contributed by atoms with Crippen LogP contribution in [0.4, 0.5) is 4.39 Å². The summed E-state index contributed by atoms with van der Waals surface area (Å²) >= 11 is 0. The van der Waals surface area contributed by atoms with E-state index in [0.717, 1.165) is 0 Å². The average molecular weight is 489 g/mol. The van der Waals surface area contributed by atoms with E-state index in [4.69, 9.17) is 4.74 Å². The highest BCUT2D eigenvalue weighted by atomic mass is 19.1. The Bertz CT molecular complexity index is 1350. The summed E-state index contributed by atoms with van der Waals surface area (Å²) in [7, 11) is 0. The predicted molar refractivity (Wildman–Crippen MR) is 130 cm³/mol. The third-order valence-electron chi connectivity index (χ3n) is 5.86. The number of Topliss-reactive ketones (excluding diaryl/α,β-unsaturated/α-hetero) is 1. The van der Waals surface area contributed by atoms with E-state index >= 15 is 0 Å². The number of carbonyl (C=O) groups excluding carboxylic acids is 3. The van der Waals surface area contributed by atoms with E-state index < -0.39 is 29.5 Å². The van der Waals surface area contributed by atoms with Crippen LogP contribution in [0, 0.1) is 12.7 Å². The zero-order valence-corrected chi connectivity index (χ0v) is 20.1. The molecule has 1 atom stereocenters. The molecule has 4 rings (SSSR count). The number of aliphatic hydroxyl groups is 1. The Morgan fingerprint density at radius 2 is 1.81 bits per heavy atom. The van der Waals surface area contributed by atoms with Crippen LogP contribution in [0.15, 0.2) is 72.6 Å². The molecule has 7 nitrogen and oxygen atoms in total. The second-order valence-electron chi connectivity index (χ2n) is 8.83. The maximum Gasteiger partial charge on any atom is 0.338 e. The molecule has 2 heterocycles. The van der Waals surface area contributed by atoms with Gasteiger partial charge in [-0.1, -0.05) is 18.2 Å². The Morgan fingerprint density at radius 1 is 1.11 bits per heavy atom. The molecule has 1 aromatic heterocycles. The average Bonchev–Trinajstić information content (AvgIpc) is 3.10. The number of halogens is 1. The van der Waals surface area contributed by atoms with Crippen LogP contribution in [0.5, 0.6) is 0 Å². The van der Waals surface area contributed by atoms with Gasteiger partial charge in [-0.2, -0.15) is 0 Å². The number of ketones is 1. The standard InChI is InChI=1S/C28H25FN2O5/c1-16(2)36-28(35)19-8-6-18(7-9-19)15-31-24(21-5-4-12-30-14-21)23(26(33)27(31)34)25(32)20-10-11-22(29)17(3)13-20/h4-14,16,24,32H,15H2,1-3H3/b25-23-. The van der Waals surface area contributed by atoms with Crippen LogP contribution < -0.4 is 0 Å². The Balaban J connectivity index is 1.73. The SMILES string of the molecule is Cc1cc(/C(O)=C2/C(=O)C(=O)N(Cc3ccc(C(=O)OC(C)C)cc3)C2c2cccnc2)ccc1F. The van der Waals surface area contributed by atoms with Crippen molar-refractivity contribution in [1.82, 2.24) is 9.88 Å². The fourth-order valence-electron chi connectivity index (χ4n) is 4.10. The van der Waals surface area contributed by atoms with Gasteiger partial charge in [0.2, 0.25) is 0 Å². The topological polar surface area (TPSA) is 96.8 Å². The lowest BCUT2D eigenvalue weighted by molar-refractivity contribution is -0.140. The first-order valence-electron chi connectivity index (χ1n) is 11.4. The minimum Gasteiger partial charge on any atom is -0.507 e. The van der Waals surface area contributed by atoms with Crippen molar-refractivity contribution in [3.63, 3.8) is 0 Å². The van der Waals surface area contributed by atoms with Crippen molar-refractivity contribution in [3.05, 3.63) is 106 Å². The summed E-state index contributed by atoms with van der Waals surface area (Å²) in [5, 5.41) is 11.1. The second-order valence-corrected chi connectivity index (χ2v) is 8.83. The largest absolute Gasteiger partial charge is 0.507 e. The highest BCUT2D eigenvalue weighted by Crippen LogP contribution is 2.40. The first kappa shape index (κ1) is 24.8. The molecule has 0 saturated carbocycles. The summed E-state index contributed by atoms with van der Waals surface area (Å²) in [5.74, 6) is -2.92. The lowest BCUT2D eigenvalue weighted by atomic mass is 9.95. The number of aromatic nitrogens is 1. The van der Waals surface area contributed by atoms with Crippen molar-refractivity contribution in [1.29, 1.82) is 0 Å². The molecule has 0 aliphatic carbocycles. The lowest BCUT2D eigenvalue weighted by Gasteiger charge is -2.25. The molecule has 0 spiro atoms. The lowest BCUT2D eigenvalue weighted by Crippen LogP contribution is -2.29. The number of likely N-dealkylation sites (tertiary alicyclic amines) is 1. The van der Waals surface area contributed by atoms with Gasteiger partial charge in [0.15, 0.2) is 0 Å². The van der Waals surface area contributed by atoms with Crippen LogP contribution in [-0.4, -0.2) is 38.8 Å². The maximum atomic E-state index is 13.8. The molecule has 0 radical (unpaired) electrons. The highest BCUT2D eigenvalue weighted by molar-refractivity contribution is 6.46. The molecule has 1 aliphatic heterocycles. The summed E-state index contributed by atoms with van der Waals surface area (Å²) in [6.07, 6.45) is 2.83. The van der Waals surface area contributed by atoms with Gasteiger partial charge in [0.05, 0.1) is 23.3 Å². The van der Waals surface area contributed by atoms with E-state index in [9.17, 15) is 23.9 Å². The minimum atomic E-state index is -0.908. The summed E-state index contributed by atoms with van der Waals surface area (Å²) in [6.45, 7) is 5.11. The zero-order chi connectivity index (χ0) is 26.0. The van der Waals surface area contributed by atoms with Crippen molar-refractivity contribution < 1.29 is 28.6 Å². The fourth-order valence-corrected chi connectivity index (χ4v) is 4.10. The molecular formula is C28H25FN2O5. The van der Waals surface area contributed by atoms with E-state index in [0.29, 0.717) is 22.3 Å². The maximum absolute atomic E-state index is 13.8. The molecule has 184 valence electrons. The smallest absolute Gasteiger partial charge is 0.338 e. The Labute approximate surface area is 207 Å². The summed E-state index contributed by atoms with van der Waals surface area (Å²) in [4.78, 5) is 43.9. The molecule has 1 fully saturated rings. The molecule has 3 aromatic rings. The molecule has 1 amide bonds. The summed E-state index contributed by atoms with van der Waals surface area (Å²) < 4.78 is 19.0. The van der Waals surface area contributed by atoms with Crippen molar-refractivity contribution in [2.45, 2.75) is 39.5 Å². The number of carbonyl (C=O) groups is 3. The van der Waals surface area contributed by atoms with Gasteiger partial charge in [0.25, 0.3) is 11.7 Å². The Kier molecular flexibility index (Phi) is 6.96. The quantitative estimate of drug-likeness (QED) is 0.234. The number of benzene rings is 2. The highest BCUT2D eigenvalue weighted by Gasteiger charge is 2.46. The Hall–Kier alpha value is -4.33. The monoisotopic (exact) mass is 488 g/mol. The molecule has 8 heteroatoms. The van der Waals surface area contributed by atoms with Crippen LogP contribution >= 0.6 is 0 Å². The van der Waals surface area contributed by atoms with Crippen LogP contribution in [0.2, 0.25) is 0 Å². The molecule has 0 bridgehead atoms. The van der Waals surface area contributed by atoms with Gasteiger partial charge < -0.3 is 14.7 Å². The second kappa shape index (κ2) is 10.1. The Morgan fingerprint density at radius 3 is 2.42 bits per heavy atom.